The van der Waals surface area contributed by atoms with Gasteiger partial charge >= 0.3 is 0 Å². The van der Waals surface area contributed by atoms with E-state index < -0.39 is 17.7 Å². The highest BCUT2D eigenvalue weighted by Gasteiger charge is 2.46. The highest BCUT2D eigenvalue weighted by molar-refractivity contribution is 9.10. The van der Waals surface area contributed by atoms with Crippen molar-refractivity contribution in [3.05, 3.63) is 98.5 Å². The van der Waals surface area contributed by atoms with Crippen molar-refractivity contribution in [2.24, 2.45) is 0 Å². The van der Waals surface area contributed by atoms with Gasteiger partial charge in [0.25, 0.3) is 11.7 Å². The average Bonchev–Trinajstić information content (AvgIpc) is 3.07. The van der Waals surface area contributed by atoms with Crippen LogP contribution in [0.3, 0.4) is 0 Å². The topological polar surface area (TPSA) is 87.1 Å². The summed E-state index contributed by atoms with van der Waals surface area (Å²) in [5.74, 6) is -1.61. The Bertz CT molecular complexity index is 1320. The van der Waals surface area contributed by atoms with Crippen molar-refractivity contribution in [2.75, 3.05) is 7.11 Å². The van der Waals surface area contributed by atoms with Gasteiger partial charge in [-0.2, -0.15) is 0 Å². The zero-order valence-corrected chi connectivity index (χ0v) is 20.6. The Kier molecular flexibility index (Phi) is 6.48. The highest BCUT2D eigenvalue weighted by Crippen LogP contribution is 2.45. The molecular weight excluding hydrogens is 498 g/mol. The first-order chi connectivity index (χ1) is 16.2. The lowest BCUT2D eigenvalue weighted by atomic mass is 9.93. The van der Waals surface area contributed by atoms with Crippen molar-refractivity contribution in [1.29, 1.82) is 0 Å². The molecule has 4 rings (SSSR count). The van der Waals surface area contributed by atoms with Crippen LogP contribution in [0.4, 0.5) is 0 Å². The number of likely N-dealkylation sites (tertiary alicyclic amines) is 1. The van der Waals surface area contributed by atoms with E-state index in [9.17, 15) is 19.8 Å². The molecule has 1 unspecified atom stereocenters. The number of ether oxygens (including phenoxy) is 1. The van der Waals surface area contributed by atoms with Gasteiger partial charge in [0.1, 0.15) is 5.76 Å². The molecule has 1 amide bonds. The molecule has 0 bridgehead atoms. The Morgan fingerprint density at radius 3 is 2.44 bits per heavy atom. The van der Waals surface area contributed by atoms with Gasteiger partial charge in [-0.05, 0) is 64.7 Å². The Balaban J connectivity index is 1.96. The van der Waals surface area contributed by atoms with Crippen LogP contribution in [0.5, 0.6) is 11.5 Å². The molecule has 1 saturated heterocycles. The van der Waals surface area contributed by atoms with Crippen LogP contribution in [0, 0.1) is 13.8 Å². The molecule has 1 aliphatic heterocycles. The van der Waals surface area contributed by atoms with Crippen LogP contribution in [0.25, 0.3) is 5.76 Å². The van der Waals surface area contributed by atoms with Crippen molar-refractivity contribution >= 4 is 33.4 Å². The van der Waals surface area contributed by atoms with Gasteiger partial charge in [0.05, 0.1) is 23.2 Å². The molecule has 2 N–H and O–H groups in total. The molecule has 7 heteroatoms. The lowest BCUT2D eigenvalue weighted by molar-refractivity contribution is -0.140. The third-order valence-electron chi connectivity index (χ3n) is 5.97. The molecule has 3 aromatic carbocycles. The number of carbonyl (C=O) groups is 2. The van der Waals surface area contributed by atoms with Crippen molar-refractivity contribution in [1.82, 2.24) is 4.90 Å². The van der Waals surface area contributed by atoms with Gasteiger partial charge in [0, 0.05) is 12.1 Å². The van der Waals surface area contributed by atoms with E-state index in [1.165, 1.54) is 12.0 Å². The van der Waals surface area contributed by atoms with Gasteiger partial charge in [-0.1, -0.05) is 48.0 Å². The zero-order chi connectivity index (χ0) is 24.6. The van der Waals surface area contributed by atoms with Crippen molar-refractivity contribution in [3.63, 3.8) is 0 Å². The summed E-state index contributed by atoms with van der Waals surface area (Å²) in [5, 5.41) is 21.7. The molecular formula is C27H24BrNO5. The molecule has 6 nitrogen and oxygen atoms in total. The number of carbonyl (C=O) groups excluding carboxylic acids is 2. The van der Waals surface area contributed by atoms with Crippen LogP contribution < -0.4 is 4.74 Å². The van der Waals surface area contributed by atoms with E-state index in [0.29, 0.717) is 15.6 Å². The van der Waals surface area contributed by atoms with Crippen LogP contribution in [-0.4, -0.2) is 33.9 Å². The number of halogens is 1. The number of methoxy groups -OCH3 is 1. The largest absolute Gasteiger partial charge is 0.507 e. The molecule has 1 heterocycles. The molecule has 0 spiro atoms. The van der Waals surface area contributed by atoms with Gasteiger partial charge < -0.3 is 19.8 Å². The van der Waals surface area contributed by atoms with Gasteiger partial charge in [-0.3, -0.25) is 9.59 Å². The van der Waals surface area contributed by atoms with E-state index >= 15 is 0 Å². The first kappa shape index (κ1) is 23.6. The quantitative estimate of drug-likeness (QED) is 0.266. The zero-order valence-electron chi connectivity index (χ0n) is 19.0. The maximum atomic E-state index is 13.3. The molecule has 0 aromatic heterocycles. The number of aromatic hydroxyl groups is 1. The minimum atomic E-state index is -0.883. The number of aliphatic hydroxyl groups excluding tert-OH is 1. The summed E-state index contributed by atoms with van der Waals surface area (Å²) < 4.78 is 5.65. The van der Waals surface area contributed by atoms with Crippen LogP contribution in [-0.2, 0) is 16.1 Å². The molecule has 0 aliphatic carbocycles. The fourth-order valence-electron chi connectivity index (χ4n) is 4.21. The van der Waals surface area contributed by atoms with Crippen molar-refractivity contribution in [3.8, 4) is 11.5 Å². The number of benzene rings is 3. The molecule has 3 aromatic rings. The fraction of sp³-hybridized carbons (Fsp3) is 0.185. The van der Waals surface area contributed by atoms with Gasteiger partial charge in [0.15, 0.2) is 11.5 Å². The Morgan fingerprint density at radius 2 is 1.76 bits per heavy atom. The van der Waals surface area contributed by atoms with E-state index in [1.54, 1.807) is 18.2 Å². The predicted molar refractivity (Wildman–Crippen MR) is 133 cm³/mol. The standard InChI is InChI=1S/C27H24BrNO5/c1-15-9-10-16(2)19(11-15)24(30)22-23(18-12-20(28)25(31)21(13-18)34-3)29(27(33)26(22)32)14-17-7-5-4-6-8-17/h4-13,23,30-31H,14H2,1-3H3/b24-22+. The van der Waals surface area contributed by atoms with Gasteiger partial charge in [-0.25, -0.2) is 0 Å². The van der Waals surface area contributed by atoms with E-state index in [-0.39, 0.29) is 29.4 Å². The molecule has 1 atom stereocenters. The van der Waals surface area contributed by atoms with E-state index in [4.69, 9.17) is 4.74 Å². The third kappa shape index (κ3) is 4.19. The Hall–Kier alpha value is -3.58. The summed E-state index contributed by atoms with van der Waals surface area (Å²) in [6.45, 7) is 3.90. The third-order valence-corrected chi connectivity index (χ3v) is 6.57. The number of aliphatic hydroxyl groups is 1. The molecule has 174 valence electrons. The number of nitrogens with zero attached hydrogens (tertiary/aromatic N) is 1. The fourth-order valence-corrected chi connectivity index (χ4v) is 4.67. The number of ketones is 1. The number of phenols is 1. The normalized spacial score (nSPS) is 17.3. The van der Waals surface area contributed by atoms with Crippen LogP contribution in [0.1, 0.15) is 33.9 Å². The summed E-state index contributed by atoms with van der Waals surface area (Å²) in [6.07, 6.45) is 0. The molecule has 0 saturated carbocycles. The first-order valence-electron chi connectivity index (χ1n) is 10.7. The van der Waals surface area contributed by atoms with Crippen LogP contribution in [0.2, 0.25) is 0 Å². The summed E-state index contributed by atoms with van der Waals surface area (Å²) in [5.41, 5.74) is 3.54. The van der Waals surface area contributed by atoms with E-state index in [1.807, 2.05) is 56.3 Å². The number of hydrogen-bond donors (Lipinski definition) is 2. The molecule has 0 radical (unpaired) electrons. The second kappa shape index (κ2) is 9.35. The summed E-state index contributed by atoms with van der Waals surface area (Å²) >= 11 is 3.33. The molecule has 1 fully saturated rings. The average molecular weight is 522 g/mol. The smallest absolute Gasteiger partial charge is 0.295 e. The maximum absolute atomic E-state index is 13.3. The lowest BCUT2D eigenvalue weighted by Crippen LogP contribution is -2.29. The summed E-state index contributed by atoms with van der Waals surface area (Å²) in [4.78, 5) is 28.0. The van der Waals surface area contributed by atoms with Crippen molar-refractivity contribution in [2.45, 2.75) is 26.4 Å². The number of phenolic OH excluding ortho intramolecular Hbond substituents is 1. The first-order valence-corrected chi connectivity index (χ1v) is 11.5. The van der Waals surface area contributed by atoms with E-state index in [0.717, 1.165) is 16.7 Å². The predicted octanol–water partition coefficient (Wildman–Crippen LogP) is 5.40. The minimum absolute atomic E-state index is 0.00530. The SMILES string of the molecule is COc1cc(C2/C(=C(\O)c3cc(C)ccc3C)C(=O)C(=O)N2Cc2ccccc2)cc(Br)c1O. The summed E-state index contributed by atoms with van der Waals surface area (Å²) in [7, 11) is 1.42. The maximum Gasteiger partial charge on any atom is 0.295 e. The monoisotopic (exact) mass is 521 g/mol. The highest BCUT2D eigenvalue weighted by atomic mass is 79.9. The minimum Gasteiger partial charge on any atom is -0.507 e. The number of Topliss-reactive ketones (excluding diaryl/α,β-unsaturated/α-hetero) is 1. The van der Waals surface area contributed by atoms with Crippen molar-refractivity contribution < 1.29 is 24.5 Å². The lowest BCUT2D eigenvalue weighted by Gasteiger charge is -2.26. The number of amides is 1. The van der Waals surface area contributed by atoms with Crippen LogP contribution in [0.15, 0.2) is 70.7 Å². The van der Waals surface area contributed by atoms with Gasteiger partial charge in [0.2, 0.25) is 0 Å². The Labute approximate surface area is 206 Å². The summed E-state index contributed by atoms with van der Waals surface area (Å²) in [6, 6.07) is 17.2. The Morgan fingerprint density at radius 1 is 1.06 bits per heavy atom. The number of rotatable bonds is 5. The van der Waals surface area contributed by atoms with E-state index in [2.05, 4.69) is 15.9 Å². The number of aryl methyl sites for hydroxylation is 2. The van der Waals surface area contributed by atoms with Crippen LogP contribution >= 0.6 is 15.9 Å². The second-order valence-electron chi connectivity index (χ2n) is 8.28. The molecule has 34 heavy (non-hydrogen) atoms. The molecule has 1 aliphatic rings. The number of hydrogen-bond acceptors (Lipinski definition) is 5. The van der Waals surface area contributed by atoms with Gasteiger partial charge in [-0.15, -0.1) is 0 Å². The second-order valence-corrected chi connectivity index (χ2v) is 9.14.